The van der Waals surface area contributed by atoms with Crippen molar-refractivity contribution in [3.63, 3.8) is 0 Å². The number of likely N-dealkylation sites (tertiary alicyclic amines) is 1. The third-order valence-corrected chi connectivity index (χ3v) is 4.64. The predicted molar refractivity (Wildman–Crippen MR) is 78.0 cm³/mol. The van der Waals surface area contributed by atoms with Crippen LogP contribution in [0.25, 0.3) is 0 Å². The molecule has 0 aromatic heterocycles. The average molecular weight is 318 g/mol. The van der Waals surface area contributed by atoms with Crippen LogP contribution in [-0.2, 0) is 9.59 Å². The van der Waals surface area contributed by atoms with Crippen molar-refractivity contribution in [2.24, 2.45) is 0 Å². The highest BCUT2D eigenvalue weighted by Gasteiger charge is 2.20. The zero-order valence-corrected chi connectivity index (χ0v) is 12.5. The molecule has 1 aromatic carbocycles. The van der Waals surface area contributed by atoms with E-state index < -0.39 is 0 Å². The van der Waals surface area contributed by atoms with E-state index in [1.165, 1.54) is 11.8 Å². The maximum atomic E-state index is 12.0. The minimum absolute atomic E-state index is 0.0357. The maximum absolute atomic E-state index is 12.0. The largest absolute Gasteiger partial charge is 0.341 e. The van der Waals surface area contributed by atoms with Crippen LogP contribution in [0.2, 0.25) is 10.0 Å². The van der Waals surface area contributed by atoms with Crippen LogP contribution >= 0.6 is 35.0 Å². The number of rotatable bonds is 3. The molecule has 6 heteroatoms. The van der Waals surface area contributed by atoms with Crippen LogP contribution in [-0.4, -0.2) is 35.4 Å². The Labute approximate surface area is 126 Å². The lowest BCUT2D eigenvalue weighted by molar-refractivity contribution is -0.132. The molecule has 0 unspecified atom stereocenters. The first-order valence-corrected chi connectivity index (χ1v) is 7.68. The van der Waals surface area contributed by atoms with Gasteiger partial charge in [0.1, 0.15) is 5.78 Å². The molecule has 0 bridgehead atoms. The van der Waals surface area contributed by atoms with Crippen LogP contribution in [0.4, 0.5) is 0 Å². The second-order valence-electron chi connectivity index (χ2n) is 4.28. The van der Waals surface area contributed by atoms with Crippen molar-refractivity contribution in [1.82, 2.24) is 4.90 Å². The number of hydrogen-bond acceptors (Lipinski definition) is 3. The second-order valence-corrected chi connectivity index (χ2v) is 6.14. The summed E-state index contributed by atoms with van der Waals surface area (Å²) in [6, 6.07) is 5.18. The molecule has 1 heterocycles. The minimum atomic E-state index is 0.0357. The average Bonchev–Trinajstić information content (AvgIpc) is 2.40. The molecule has 0 saturated carbocycles. The third-order valence-electron chi connectivity index (χ3n) is 2.92. The number of nitrogens with zero attached hydrogens (tertiary/aromatic N) is 1. The summed E-state index contributed by atoms with van der Waals surface area (Å²) in [5, 5.41) is 1.19. The summed E-state index contributed by atoms with van der Waals surface area (Å²) in [6.45, 7) is 1.06. The third kappa shape index (κ3) is 4.13. The fourth-order valence-electron chi connectivity index (χ4n) is 1.82. The number of Topliss-reactive ketones (excluding diaryl/α,β-unsaturated/α-hetero) is 1. The van der Waals surface area contributed by atoms with Gasteiger partial charge in [-0.05, 0) is 18.2 Å². The molecule has 0 N–H and O–H groups in total. The summed E-state index contributed by atoms with van der Waals surface area (Å²) in [4.78, 5) is 25.6. The molecule has 102 valence electrons. The van der Waals surface area contributed by atoms with Gasteiger partial charge in [-0.2, -0.15) is 0 Å². The molecule has 1 aromatic rings. The summed E-state index contributed by atoms with van der Waals surface area (Å²) in [5.74, 6) is 0.581. The van der Waals surface area contributed by atoms with Crippen molar-refractivity contribution >= 4 is 46.7 Å². The van der Waals surface area contributed by atoms with Crippen LogP contribution < -0.4 is 0 Å². The summed E-state index contributed by atoms with van der Waals surface area (Å²) in [6.07, 6.45) is 0.933. The Morgan fingerprint density at radius 2 is 1.95 bits per heavy atom. The lowest BCUT2D eigenvalue weighted by Crippen LogP contribution is -2.39. The second kappa shape index (κ2) is 6.64. The lowest BCUT2D eigenvalue weighted by Gasteiger charge is -2.25. The van der Waals surface area contributed by atoms with Crippen molar-refractivity contribution in [1.29, 1.82) is 0 Å². The smallest absolute Gasteiger partial charge is 0.232 e. The van der Waals surface area contributed by atoms with E-state index in [0.29, 0.717) is 41.7 Å². The number of halogens is 2. The summed E-state index contributed by atoms with van der Waals surface area (Å²) < 4.78 is 0. The van der Waals surface area contributed by atoms with Gasteiger partial charge in [-0.1, -0.05) is 23.2 Å². The van der Waals surface area contributed by atoms with E-state index in [0.717, 1.165) is 4.90 Å². The van der Waals surface area contributed by atoms with Crippen molar-refractivity contribution in [2.45, 2.75) is 17.7 Å². The van der Waals surface area contributed by atoms with Crippen molar-refractivity contribution in [3.8, 4) is 0 Å². The quantitative estimate of drug-likeness (QED) is 0.803. The van der Waals surface area contributed by atoms with Gasteiger partial charge in [0, 0.05) is 35.8 Å². The first-order valence-electron chi connectivity index (χ1n) is 5.93. The molecular formula is C13H13Cl2NO2S. The van der Waals surface area contributed by atoms with Crippen LogP contribution in [0.5, 0.6) is 0 Å². The normalized spacial score (nSPS) is 15.7. The Bertz CT molecular complexity index is 497. The number of hydrogen-bond donors (Lipinski definition) is 0. The van der Waals surface area contributed by atoms with E-state index in [1.54, 1.807) is 23.1 Å². The van der Waals surface area contributed by atoms with E-state index in [1.807, 2.05) is 0 Å². The highest BCUT2D eigenvalue weighted by Crippen LogP contribution is 2.30. The fourth-order valence-corrected chi connectivity index (χ4v) is 3.22. The number of carbonyl (C=O) groups is 2. The highest BCUT2D eigenvalue weighted by molar-refractivity contribution is 8.00. The van der Waals surface area contributed by atoms with Gasteiger partial charge >= 0.3 is 0 Å². The van der Waals surface area contributed by atoms with Gasteiger partial charge in [-0.25, -0.2) is 0 Å². The number of ketones is 1. The van der Waals surface area contributed by atoms with Crippen molar-refractivity contribution in [3.05, 3.63) is 28.2 Å². The first-order chi connectivity index (χ1) is 9.06. The van der Waals surface area contributed by atoms with Gasteiger partial charge in [0.05, 0.1) is 10.8 Å². The fraction of sp³-hybridized carbons (Fsp3) is 0.385. The first kappa shape index (κ1) is 14.7. The standard InChI is InChI=1S/C13H13Cl2NO2S/c14-9-1-2-11(15)12(7-9)19-8-13(18)16-5-3-10(17)4-6-16/h1-2,7H,3-6,8H2. The van der Waals surface area contributed by atoms with Gasteiger partial charge in [-0.15, -0.1) is 11.8 Å². The van der Waals surface area contributed by atoms with E-state index >= 15 is 0 Å². The Morgan fingerprint density at radius 1 is 1.26 bits per heavy atom. The van der Waals surface area contributed by atoms with E-state index in [-0.39, 0.29) is 11.7 Å². The Kier molecular flexibility index (Phi) is 5.13. The molecule has 1 aliphatic rings. The van der Waals surface area contributed by atoms with Crippen LogP contribution in [0.3, 0.4) is 0 Å². The molecule has 1 saturated heterocycles. The zero-order chi connectivity index (χ0) is 13.8. The predicted octanol–water partition coefficient (Wildman–Crippen LogP) is 3.28. The Balaban J connectivity index is 1.89. The molecule has 2 rings (SSSR count). The van der Waals surface area contributed by atoms with Crippen molar-refractivity contribution < 1.29 is 9.59 Å². The summed E-state index contributed by atoms with van der Waals surface area (Å²) in [5.41, 5.74) is 0. The minimum Gasteiger partial charge on any atom is -0.341 e. The lowest BCUT2D eigenvalue weighted by atomic mass is 10.1. The molecule has 0 spiro atoms. The Morgan fingerprint density at radius 3 is 2.63 bits per heavy atom. The van der Waals surface area contributed by atoms with Gasteiger partial charge in [0.25, 0.3) is 0 Å². The highest BCUT2D eigenvalue weighted by atomic mass is 35.5. The van der Waals surface area contributed by atoms with Crippen LogP contribution in [0.1, 0.15) is 12.8 Å². The number of benzene rings is 1. The number of thioether (sulfide) groups is 1. The zero-order valence-electron chi connectivity index (χ0n) is 10.2. The molecule has 0 atom stereocenters. The molecule has 1 fully saturated rings. The van der Waals surface area contributed by atoms with Gasteiger partial charge < -0.3 is 4.90 Å². The number of piperidine rings is 1. The summed E-state index contributed by atoms with van der Waals surface area (Å²) >= 11 is 13.3. The van der Waals surface area contributed by atoms with Crippen LogP contribution in [0.15, 0.2) is 23.1 Å². The molecule has 19 heavy (non-hydrogen) atoms. The van der Waals surface area contributed by atoms with E-state index in [2.05, 4.69) is 0 Å². The van der Waals surface area contributed by atoms with Crippen molar-refractivity contribution in [2.75, 3.05) is 18.8 Å². The van der Waals surface area contributed by atoms with Gasteiger partial charge in [-0.3, -0.25) is 9.59 Å². The molecule has 0 radical (unpaired) electrons. The number of carbonyl (C=O) groups excluding carboxylic acids is 2. The van der Waals surface area contributed by atoms with Gasteiger partial charge in [0.15, 0.2) is 0 Å². The molecular weight excluding hydrogens is 305 g/mol. The molecule has 3 nitrogen and oxygen atoms in total. The topological polar surface area (TPSA) is 37.4 Å². The molecule has 0 aliphatic carbocycles. The molecule has 1 aliphatic heterocycles. The molecule has 1 amide bonds. The van der Waals surface area contributed by atoms with Gasteiger partial charge in [0.2, 0.25) is 5.91 Å². The summed E-state index contributed by atoms with van der Waals surface area (Å²) in [7, 11) is 0. The SMILES string of the molecule is O=C1CCN(C(=O)CSc2cc(Cl)ccc2Cl)CC1. The van der Waals surface area contributed by atoms with Crippen LogP contribution in [0, 0.1) is 0 Å². The monoisotopic (exact) mass is 317 g/mol. The van der Waals surface area contributed by atoms with E-state index in [4.69, 9.17) is 23.2 Å². The number of amides is 1. The Hall–Kier alpha value is -0.710. The van der Waals surface area contributed by atoms with E-state index in [9.17, 15) is 9.59 Å². The maximum Gasteiger partial charge on any atom is 0.232 e.